The SMILES string of the molecule is C=C(C)C(=O)OCCCCCCC(C(=O)O)P(=O)(O)O. The summed E-state index contributed by atoms with van der Waals surface area (Å²) in [6.07, 6.45) is 2.26. The molecular formula is C12H21O7P. The van der Waals surface area contributed by atoms with Gasteiger partial charge >= 0.3 is 19.5 Å². The monoisotopic (exact) mass is 308 g/mol. The molecule has 0 bridgehead atoms. The van der Waals surface area contributed by atoms with Crippen LogP contribution in [0.4, 0.5) is 0 Å². The van der Waals surface area contributed by atoms with Gasteiger partial charge in [-0.3, -0.25) is 9.36 Å². The molecule has 0 amide bonds. The molecule has 7 nitrogen and oxygen atoms in total. The topological polar surface area (TPSA) is 121 Å². The van der Waals surface area contributed by atoms with E-state index >= 15 is 0 Å². The van der Waals surface area contributed by atoms with Crippen molar-refractivity contribution >= 4 is 19.5 Å². The summed E-state index contributed by atoms with van der Waals surface area (Å²) in [4.78, 5) is 39.5. The molecule has 20 heavy (non-hydrogen) atoms. The summed E-state index contributed by atoms with van der Waals surface area (Å²) in [6, 6.07) is 0. The number of carbonyl (C=O) groups is 2. The number of hydrogen-bond donors (Lipinski definition) is 3. The predicted molar refractivity (Wildman–Crippen MR) is 72.3 cm³/mol. The van der Waals surface area contributed by atoms with Gasteiger partial charge in [-0.1, -0.05) is 25.8 Å². The number of aliphatic carboxylic acids is 1. The van der Waals surface area contributed by atoms with E-state index in [4.69, 9.17) is 19.6 Å². The third kappa shape index (κ3) is 8.09. The van der Waals surface area contributed by atoms with Gasteiger partial charge in [0.1, 0.15) is 0 Å². The van der Waals surface area contributed by atoms with Crippen LogP contribution in [0.15, 0.2) is 12.2 Å². The second-order valence-corrected chi connectivity index (χ2v) is 6.36. The lowest BCUT2D eigenvalue weighted by atomic mass is 10.1. The zero-order valence-electron chi connectivity index (χ0n) is 11.4. The van der Waals surface area contributed by atoms with Crippen LogP contribution < -0.4 is 0 Å². The molecule has 0 spiro atoms. The van der Waals surface area contributed by atoms with Crippen LogP contribution in [0.25, 0.3) is 0 Å². The number of rotatable bonds is 10. The average Bonchev–Trinajstić information content (AvgIpc) is 2.29. The Morgan fingerprint density at radius 3 is 2.20 bits per heavy atom. The molecule has 1 atom stereocenters. The van der Waals surface area contributed by atoms with Gasteiger partial charge in [-0.15, -0.1) is 0 Å². The third-order valence-electron chi connectivity index (χ3n) is 2.64. The van der Waals surface area contributed by atoms with E-state index in [0.29, 0.717) is 31.3 Å². The van der Waals surface area contributed by atoms with Crippen LogP contribution in [0, 0.1) is 0 Å². The zero-order valence-corrected chi connectivity index (χ0v) is 12.3. The highest BCUT2D eigenvalue weighted by atomic mass is 31.2. The van der Waals surface area contributed by atoms with Gasteiger partial charge in [-0.2, -0.15) is 0 Å². The summed E-state index contributed by atoms with van der Waals surface area (Å²) in [5.41, 5.74) is -1.31. The Labute approximate surface area is 117 Å². The Morgan fingerprint density at radius 1 is 1.20 bits per heavy atom. The van der Waals surface area contributed by atoms with Gasteiger partial charge in [-0.25, -0.2) is 4.79 Å². The molecule has 0 radical (unpaired) electrons. The van der Waals surface area contributed by atoms with E-state index in [0.717, 1.165) is 0 Å². The molecule has 116 valence electrons. The second-order valence-electron chi connectivity index (χ2n) is 4.56. The molecule has 0 aromatic carbocycles. The summed E-state index contributed by atoms with van der Waals surface area (Å²) in [5, 5.41) is 8.70. The molecule has 0 saturated carbocycles. The Morgan fingerprint density at radius 2 is 1.75 bits per heavy atom. The maximum atomic E-state index is 11.0. The number of carbonyl (C=O) groups excluding carboxylic acids is 1. The molecule has 0 saturated heterocycles. The van der Waals surface area contributed by atoms with Crippen molar-refractivity contribution in [2.75, 3.05) is 6.61 Å². The largest absolute Gasteiger partial charge is 0.481 e. The number of ether oxygens (including phenoxy) is 1. The fourth-order valence-corrected chi connectivity index (χ4v) is 2.32. The van der Waals surface area contributed by atoms with Crippen LogP contribution in [-0.4, -0.2) is 39.1 Å². The number of carboxylic acids is 1. The number of unbranched alkanes of at least 4 members (excludes halogenated alkanes) is 3. The van der Waals surface area contributed by atoms with Crippen molar-refractivity contribution < 1.29 is 33.8 Å². The molecule has 3 N–H and O–H groups in total. The van der Waals surface area contributed by atoms with Gasteiger partial charge in [0.05, 0.1) is 6.61 Å². The Bertz CT molecular complexity index is 399. The maximum absolute atomic E-state index is 11.0. The van der Waals surface area contributed by atoms with E-state index in [1.807, 2.05) is 0 Å². The predicted octanol–water partition coefficient (Wildman–Crippen LogP) is 1.69. The van der Waals surface area contributed by atoms with Crippen molar-refractivity contribution in [2.24, 2.45) is 0 Å². The van der Waals surface area contributed by atoms with Crippen molar-refractivity contribution in [1.82, 2.24) is 0 Å². The van der Waals surface area contributed by atoms with Crippen molar-refractivity contribution in [2.45, 2.75) is 44.7 Å². The number of esters is 1. The van der Waals surface area contributed by atoms with Crippen LogP contribution in [0.2, 0.25) is 0 Å². The first-order valence-electron chi connectivity index (χ1n) is 6.27. The van der Waals surface area contributed by atoms with Gasteiger partial charge in [0.25, 0.3) is 0 Å². The number of carboxylic acid groups (broad SMARTS) is 1. The molecule has 0 aliphatic carbocycles. The standard InChI is InChI=1S/C12H21O7P/c1-9(2)12(15)19-8-6-4-3-5-7-10(11(13)14)20(16,17)18/h10H,1,3-8H2,2H3,(H,13,14)(H2,16,17,18). The highest BCUT2D eigenvalue weighted by molar-refractivity contribution is 7.53. The molecule has 0 aromatic heterocycles. The van der Waals surface area contributed by atoms with Gasteiger partial charge in [0.15, 0.2) is 5.66 Å². The Balaban J connectivity index is 3.76. The third-order valence-corrected chi connectivity index (χ3v) is 3.94. The van der Waals surface area contributed by atoms with Crippen LogP contribution in [-0.2, 0) is 18.9 Å². The van der Waals surface area contributed by atoms with Crippen molar-refractivity contribution in [3.63, 3.8) is 0 Å². The van der Waals surface area contributed by atoms with Gasteiger partial charge in [0.2, 0.25) is 0 Å². The summed E-state index contributed by atoms with van der Waals surface area (Å²) < 4.78 is 15.8. The van der Waals surface area contributed by atoms with Gasteiger partial charge in [-0.05, 0) is 19.8 Å². The van der Waals surface area contributed by atoms with Crippen LogP contribution >= 0.6 is 7.60 Å². The zero-order chi connectivity index (χ0) is 15.8. The highest BCUT2D eigenvalue weighted by Crippen LogP contribution is 2.43. The van der Waals surface area contributed by atoms with E-state index in [2.05, 4.69) is 6.58 Å². The smallest absolute Gasteiger partial charge is 0.339 e. The van der Waals surface area contributed by atoms with Crippen LogP contribution in [0.5, 0.6) is 0 Å². The van der Waals surface area contributed by atoms with Crippen molar-refractivity contribution in [3.05, 3.63) is 12.2 Å². The maximum Gasteiger partial charge on any atom is 0.339 e. The molecule has 8 heteroatoms. The second kappa shape index (κ2) is 8.89. The van der Waals surface area contributed by atoms with E-state index < -0.39 is 25.2 Å². The van der Waals surface area contributed by atoms with Crippen LogP contribution in [0.3, 0.4) is 0 Å². The quantitative estimate of drug-likeness (QED) is 0.243. The first-order valence-corrected chi connectivity index (χ1v) is 7.95. The van der Waals surface area contributed by atoms with Crippen molar-refractivity contribution in [1.29, 1.82) is 0 Å². The molecule has 0 aliphatic heterocycles. The molecule has 0 fully saturated rings. The van der Waals surface area contributed by atoms with E-state index in [1.165, 1.54) is 0 Å². The molecular weight excluding hydrogens is 287 g/mol. The highest BCUT2D eigenvalue weighted by Gasteiger charge is 2.34. The summed E-state index contributed by atoms with van der Waals surface area (Å²) in [7, 11) is -4.60. The first kappa shape index (κ1) is 18.8. The summed E-state index contributed by atoms with van der Waals surface area (Å²) in [6.45, 7) is 5.25. The van der Waals surface area contributed by atoms with Gasteiger partial charge in [0, 0.05) is 5.57 Å². The van der Waals surface area contributed by atoms with Crippen molar-refractivity contribution in [3.8, 4) is 0 Å². The molecule has 0 heterocycles. The first-order chi connectivity index (χ1) is 9.16. The molecule has 1 unspecified atom stereocenters. The van der Waals surface area contributed by atoms with E-state index in [1.54, 1.807) is 6.92 Å². The average molecular weight is 308 g/mol. The lowest BCUT2D eigenvalue weighted by Crippen LogP contribution is -2.20. The molecule has 0 rings (SSSR count). The lowest BCUT2D eigenvalue weighted by Gasteiger charge is -2.13. The van der Waals surface area contributed by atoms with E-state index in [-0.39, 0.29) is 13.0 Å². The summed E-state index contributed by atoms with van der Waals surface area (Å²) >= 11 is 0. The van der Waals surface area contributed by atoms with Gasteiger partial charge < -0.3 is 19.6 Å². The minimum Gasteiger partial charge on any atom is -0.481 e. The minimum atomic E-state index is -4.60. The molecule has 0 aromatic rings. The van der Waals surface area contributed by atoms with Crippen LogP contribution in [0.1, 0.15) is 39.0 Å². The normalized spacial score (nSPS) is 12.8. The molecule has 0 aliphatic rings. The minimum absolute atomic E-state index is 0.0643. The summed E-state index contributed by atoms with van der Waals surface area (Å²) in [5.74, 6) is -1.92. The Kier molecular flexibility index (Phi) is 8.37. The number of hydrogen-bond acceptors (Lipinski definition) is 4. The Hall–Kier alpha value is -1.17. The lowest BCUT2D eigenvalue weighted by molar-refractivity contribution is -0.139. The fraction of sp³-hybridized carbons (Fsp3) is 0.667. The van der Waals surface area contributed by atoms with E-state index in [9.17, 15) is 14.2 Å². The fourth-order valence-electron chi connectivity index (χ4n) is 1.52.